The Labute approximate surface area is 336 Å². The van der Waals surface area contributed by atoms with E-state index in [1.165, 1.54) is 59.9 Å². The van der Waals surface area contributed by atoms with Crippen LogP contribution in [-0.4, -0.2) is 65.9 Å². The van der Waals surface area contributed by atoms with Crippen LogP contribution in [0.4, 0.5) is 0 Å². The minimum absolute atomic E-state index is 0.0793. The SMILES string of the molecule is CC(=O)C1=C(C=Cc2ccc(C[n+]3ccn(-c4ccc(C)c(C)c4)c3)cc2)CS[C@@H]2[C@H](CC(=O)/C(=N\OC(C)(C)C(=O)OC(C)(C)C)c3csc(C)n3)C(=O)N12. The number of nitrogens with zero attached hydrogens (tertiary/aromatic N) is 5. The van der Waals surface area contributed by atoms with Crippen molar-refractivity contribution in [2.45, 2.75) is 91.9 Å². The third-order valence-electron chi connectivity index (χ3n) is 9.53. The van der Waals surface area contributed by atoms with Gasteiger partial charge >= 0.3 is 5.97 Å². The molecule has 0 saturated carbocycles. The summed E-state index contributed by atoms with van der Waals surface area (Å²) in [5.74, 6) is -1.78. The van der Waals surface area contributed by atoms with E-state index in [1.54, 1.807) is 33.1 Å². The molecule has 292 valence electrons. The second kappa shape index (κ2) is 16.1. The van der Waals surface area contributed by atoms with E-state index in [2.05, 4.69) is 82.2 Å². The van der Waals surface area contributed by atoms with Gasteiger partial charge in [-0.1, -0.05) is 47.6 Å². The van der Waals surface area contributed by atoms with Crippen LogP contribution in [0.15, 0.2) is 89.1 Å². The van der Waals surface area contributed by atoms with Gasteiger partial charge in [0.1, 0.15) is 35.9 Å². The maximum Gasteiger partial charge on any atom is 0.353 e. The Hall–Kier alpha value is -5.14. The fourth-order valence-corrected chi connectivity index (χ4v) is 8.32. The third kappa shape index (κ3) is 9.11. The first-order valence-corrected chi connectivity index (χ1v) is 20.4. The molecule has 0 bridgehead atoms. The van der Waals surface area contributed by atoms with Gasteiger partial charge in [-0.2, -0.15) is 0 Å². The molecule has 0 unspecified atom stereocenters. The number of carbonyl (C=O) groups is 4. The quantitative estimate of drug-likeness (QED) is 0.0463. The number of ketones is 2. The number of thioether (sulfide) groups is 1. The van der Waals surface area contributed by atoms with E-state index in [4.69, 9.17) is 9.57 Å². The van der Waals surface area contributed by atoms with E-state index >= 15 is 0 Å². The van der Waals surface area contributed by atoms with E-state index in [-0.39, 0.29) is 29.2 Å². The van der Waals surface area contributed by atoms with Gasteiger partial charge in [0.25, 0.3) is 0 Å². The first kappa shape index (κ1) is 40.5. The molecule has 1 fully saturated rings. The number of carbonyl (C=O) groups excluding carboxylic acids is 4. The minimum Gasteiger partial charge on any atom is -0.457 e. The number of hydrogen-bond acceptors (Lipinski definition) is 10. The Balaban J connectivity index is 1.12. The number of amides is 1. The summed E-state index contributed by atoms with van der Waals surface area (Å²) in [4.78, 5) is 64.8. The lowest BCUT2D eigenvalue weighted by molar-refractivity contribution is -0.687. The molecule has 2 aliphatic rings. The van der Waals surface area contributed by atoms with Crippen LogP contribution in [0.3, 0.4) is 0 Å². The molecular formula is C43H48N5O6S2+. The highest BCUT2D eigenvalue weighted by Crippen LogP contribution is 2.46. The van der Waals surface area contributed by atoms with E-state index in [1.807, 2.05) is 24.3 Å². The van der Waals surface area contributed by atoms with Crippen molar-refractivity contribution in [3.63, 3.8) is 0 Å². The van der Waals surface area contributed by atoms with Crippen molar-refractivity contribution in [2.75, 3.05) is 5.75 Å². The van der Waals surface area contributed by atoms with Crippen LogP contribution in [0.1, 0.15) is 80.9 Å². The molecule has 0 N–H and O–H groups in total. The fourth-order valence-electron chi connectivity index (χ4n) is 6.34. The molecule has 56 heavy (non-hydrogen) atoms. The predicted octanol–water partition coefficient (Wildman–Crippen LogP) is 7.08. The number of rotatable bonds is 13. The summed E-state index contributed by atoms with van der Waals surface area (Å²) < 4.78 is 9.72. The standard InChI is InChI=1S/C43H48N5O6S2/c1-26-10-17-33(20-27(26)2)47-19-18-46(25-47)22-31-13-11-30(12-14-31)15-16-32-23-56-40-34(39(51)48(40)38(32)28(3)49)21-36(50)37(35-24-55-29(4)44-35)45-54-43(8,9)41(52)53-42(5,6)7/h10-20,24-25,34,40H,21-23H2,1-9H3/q+1/b16-15?,45-37-/t34-,40-/m1/s1. The first-order chi connectivity index (χ1) is 26.4. The van der Waals surface area contributed by atoms with Crippen molar-refractivity contribution in [3.8, 4) is 5.69 Å². The summed E-state index contributed by atoms with van der Waals surface area (Å²) in [6, 6.07) is 14.7. The Morgan fingerprint density at radius 3 is 2.39 bits per heavy atom. The second-order valence-corrected chi connectivity index (χ2v) is 17.9. The van der Waals surface area contributed by atoms with Crippen LogP contribution in [-0.2, 0) is 35.3 Å². The third-order valence-corrected chi connectivity index (χ3v) is 11.7. The van der Waals surface area contributed by atoms with E-state index in [9.17, 15) is 19.2 Å². The van der Waals surface area contributed by atoms with Gasteiger partial charge in [0.2, 0.25) is 17.8 Å². The van der Waals surface area contributed by atoms with Crippen LogP contribution >= 0.6 is 23.1 Å². The lowest BCUT2D eigenvalue weighted by Crippen LogP contribution is -2.61. The number of esters is 1. The fraction of sp³-hybridized carbons (Fsp3) is 0.372. The average molecular weight is 795 g/mol. The Morgan fingerprint density at radius 1 is 1.02 bits per heavy atom. The van der Waals surface area contributed by atoms with Crippen LogP contribution in [0.25, 0.3) is 11.8 Å². The molecule has 11 nitrogen and oxygen atoms in total. The molecule has 6 rings (SSSR count). The molecule has 1 saturated heterocycles. The minimum atomic E-state index is -1.49. The van der Waals surface area contributed by atoms with Crippen molar-refractivity contribution < 1.29 is 33.3 Å². The molecule has 2 aromatic carbocycles. The Bertz CT molecular complexity index is 2270. The molecule has 2 aromatic heterocycles. The molecule has 4 heterocycles. The molecule has 13 heteroatoms. The molecule has 0 aliphatic carbocycles. The van der Waals surface area contributed by atoms with Gasteiger partial charge in [-0.3, -0.25) is 19.3 Å². The molecule has 1 amide bonds. The number of oxime groups is 1. The largest absolute Gasteiger partial charge is 0.457 e. The average Bonchev–Trinajstić information content (AvgIpc) is 3.79. The topological polar surface area (TPSA) is 124 Å². The van der Waals surface area contributed by atoms with Gasteiger partial charge in [-0.05, 0) is 95.3 Å². The molecule has 0 radical (unpaired) electrons. The van der Waals surface area contributed by atoms with Gasteiger partial charge in [-0.25, -0.2) is 18.9 Å². The monoisotopic (exact) mass is 794 g/mol. The molecule has 2 aliphatic heterocycles. The number of ether oxygens (including phenoxy) is 1. The predicted molar refractivity (Wildman–Crippen MR) is 218 cm³/mol. The second-order valence-electron chi connectivity index (χ2n) is 15.7. The lowest BCUT2D eigenvalue weighted by Gasteiger charge is -2.49. The van der Waals surface area contributed by atoms with Gasteiger partial charge in [0.05, 0.1) is 22.0 Å². The van der Waals surface area contributed by atoms with E-state index < -0.39 is 28.9 Å². The Morgan fingerprint density at radius 2 is 1.75 bits per heavy atom. The maximum absolute atomic E-state index is 13.8. The number of hydrogen-bond donors (Lipinski definition) is 0. The van der Waals surface area contributed by atoms with Crippen LogP contribution in [0.5, 0.6) is 0 Å². The number of fused-ring (bicyclic) bond motifs is 1. The van der Waals surface area contributed by atoms with Crippen molar-refractivity contribution in [3.05, 3.63) is 117 Å². The van der Waals surface area contributed by atoms with Crippen molar-refractivity contribution >= 4 is 58.3 Å². The zero-order chi connectivity index (χ0) is 40.5. The summed E-state index contributed by atoms with van der Waals surface area (Å²) in [7, 11) is 0. The molecule has 0 spiro atoms. The van der Waals surface area contributed by atoms with Crippen LogP contribution in [0, 0.1) is 26.7 Å². The lowest BCUT2D eigenvalue weighted by atomic mass is 9.88. The number of aryl methyl sites for hydroxylation is 3. The summed E-state index contributed by atoms with van der Waals surface area (Å²) in [5.41, 5.74) is 4.84. The summed E-state index contributed by atoms with van der Waals surface area (Å²) in [6.07, 6.45) is 9.89. The summed E-state index contributed by atoms with van der Waals surface area (Å²) >= 11 is 2.86. The van der Waals surface area contributed by atoms with E-state index in [0.29, 0.717) is 28.7 Å². The number of imidazole rings is 1. The number of benzene rings is 2. The van der Waals surface area contributed by atoms with Gasteiger partial charge in [0, 0.05) is 24.5 Å². The zero-order valence-corrected chi connectivity index (χ0v) is 34.9. The molecule has 4 aromatic rings. The van der Waals surface area contributed by atoms with Crippen LogP contribution in [0.2, 0.25) is 0 Å². The highest BCUT2D eigenvalue weighted by Gasteiger charge is 2.53. The van der Waals surface area contributed by atoms with Crippen LogP contribution < -0.4 is 4.57 Å². The molecule has 2 atom stereocenters. The number of Topliss-reactive ketones (excluding diaryl/α,β-unsaturated/α-hetero) is 2. The number of allylic oxidation sites excluding steroid dienone is 2. The number of thiazole rings is 1. The van der Waals surface area contributed by atoms with Gasteiger partial charge in [0.15, 0.2) is 17.3 Å². The summed E-state index contributed by atoms with van der Waals surface area (Å²) in [5, 5.41) is 6.14. The maximum atomic E-state index is 13.8. The number of aromatic nitrogens is 3. The smallest absolute Gasteiger partial charge is 0.353 e. The highest BCUT2D eigenvalue weighted by molar-refractivity contribution is 8.00. The van der Waals surface area contributed by atoms with Crippen molar-refractivity contribution in [1.29, 1.82) is 0 Å². The van der Waals surface area contributed by atoms with Gasteiger partial charge < -0.3 is 9.57 Å². The van der Waals surface area contributed by atoms with Gasteiger partial charge in [-0.15, -0.1) is 23.1 Å². The summed E-state index contributed by atoms with van der Waals surface area (Å²) in [6.45, 7) is 16.5. The first-order valence-electron chi connectivity index (χ1n) is 18.5. The highest BCUT2D eigenvalue weighted by atomic mass is 32.2. The Kier molecular flexibility index (Phi) is 11.7. The van der Waals surface area contributed by atoms with Crippen molar-refractivity contribution in [1.82, 2.24) is 14.5 Å². The number of β-lactam (4-membered cyclic amide) rings is 1. The molecular weight excluding hydrogens is 747 g/mol. The van der Waals surface area contributed by atoms with Crippen molar-refractivity contribution in [2.24, 2.45) is 11.1 Å². The zero-order valence-electron chi connectivity index (χ0n) is 33.3. The van der Waals surface area contributed by atoms with E-state index in [0.717, 1.165) is 22.4 Å². The normalized spacial score (nSPS) is 17.6.